The maximum Gasteiger partial charge on any atom is 0.137 e. The summed E-state index contributed by atoms with van der Waals surface area (Å²) < 4.78 is 19.3. The summed E-state index contributed by atoms with van der Waals surface area (Å²) in [6, 6.07) is 14.0. The number of benzene rings is 2. The maximum atomic E-state index is 13.8. The smallest absolute Gasteiger partial charge is 0.137 e. The zero-order valence-corrected chi connectivity index (χ0v) is 15.8. The minimum atomic E-state index is -0.277. The lowest BCUT2D eigenvalue weighted by Gasteiger charge is -2.29. The lowest BCUT2D eigenvalue weighted by atomic mass is 9.99. The Labute approximate surface area is 163 Å². The van der Waals surface area contributed by atoms with Gasteiger partial charge in [-0.15, -0.1) is 0 Å². The number of ether oxygens (including phenoxy) is 1. The summed E-state index contributed by atoms with van der Waals surface area (Å²) in [6.45, 7) is 1.04. The zero-order chi connectivity index (χ0) is 19.1. The van der Waals surface area contributed by atoms with Crippen molar-refractivity contribution in [3.05, 3.63) is 60.2 Å². The molecule has 0 amide bonds. The Morgan fingerprint density at radius 2 is 2.00 bits per heavy atom. The van der Waals surface area contributed by atoms with Gasteiger partial charge in [-0.05, 0) is 55.2 Å². The standard InChI is InChI=1S/C22H23FN4O/c1-28-17-4-2-3-14(11-17)21-20(9-10-27(21)16-6-7-16)26-22-18-12-15(23)5-8-19(18)24-13-25-22/h2-5,8,11-13,16,20-21H,6-7,9-10H2,1H3,(H,24,25,26). The van der Waals surface area contributed by atoms with Gasteiger partial charge in [-0.1, -0.05) is 12.1 Å². The highest BCUT2D eigenvalue weighted by Gasteiger charge is 2.43. The summed E-state index contributed by atoms with van der Waals surface area (Å²) >= 11 is 0. The fraction of sp³-hybridized carbons (Fsp3) is 0.364. The van der Waals surface area contributed by atoms with Gasteiger partial charge in [-0.25, -0.2) is 14.4 Å². The van der Waals surface area contributed by atoms with E-state index in [0.29, 0.717) is 11.9 Å². The van der Waals surface area contributed by atoms with Crippen LogP contribution in [-0.4, -0.2) is 40.6 Å². The number of nitrogens with one attached hydrogen (secondary N) is 1. The Morgan fingerprint density at radius 3 is 2.82 bits per heavy atom. The van der Waals surface area contributed by atoms with Crippen LogP contribution in [0.2, 0.25) is 0 Å². The molecule has 3 aromatic rings. The van der Waals surface area contributed by atoms with Gasteiger partial charge in [0.1, 0.15) is 23.7 Å². The molecular weight excluding hydrogens is 355 g/mol. The van der Waals surface area contributed by atoms with Crippen molar-refractivity contribution in [3.8, 4) is 5.75 Å². The van der Waals surface area contributed by atoms with E-state index in [1.165, 1.54) is 36.9 Å². The van der Waals surface area contributed by atoms with Crippen molar-refractivity contribution in [2.24, 2.45) is 0 Å². The van der Waals surface area contributed by atoms with E-state index in [2.05, 4.69) is 32.3 Å². The van der Waals surface area contributed by atoms with E-state index in [-0.39, 0.29) is 17.9 Å². The van der Waals surface area contributed by atoms with E-state index in [1.54, 1.807) is 13.2 Å². The fourth-order valence-electron chi connectivity index (χ4n) is 4.35. The van der Waals surface area contributed by atoms with Crippen molar-refractivity contribution in [2.45, 2.75) is 37.4 Å². The third-order valence-electron chi connectivity index (χ3n) is 5.81. The van der Waals surface area contributed by atoms with Crippen LogP contribution in [0.3, 0.4) is 0 Å². The normalized spacial score (nSPS) is 22.5. The first-order valence-electron chi connectivity index (χ1n) is 9.79. The molecule has 2 atom stereocenters. The molecule has 1 aromatic heterocycles. The summed E-state index contributed by atoms with van der Waals surface area (Å²) in [5, 5.41) is 4.33. The van der Waals surface area contributed by atoms with Crippen LogP contribution in [0.15, 0.2) is 48.8 Å². The molecule has 0 spiro atoms. The quantitative estimate of drug-likeness (QED) is 0.722. The molecular formula is C22H23FN4O. The van der Waals surface area contributed by atoms with Gasteiger partial charge < -0.3 is 10.1 Å². The third kappa shape index (κ3) is 3.18. The molecule has 2 heterocycles. The van der Waals surface area contributed by atoms with Gasteiger partial charge in [0, 0.05) is 24.0 Å². The minimum absolute atomic E-state index is 0.189. The molecule has 6 heteroatoms. The minimum Gasteiger partial charge on any atom is -0.497 e. The van der Waals surface area contributed by atoms with Gasteiger partial charge >= 0.3 is 0 Å². The SMILES string of the molecule is COc1cccc(C2C(Nc3ncnc4ccc(F)cc34)CCN2C2CC2)c1. The molecule has 1 N–H and O–H groups in total. The number of nitrogens with zero attached hydrogens (tertiary/aromatic N) is 3. The average molecular weight is 378 g/mol. The van der Waals surface area contributed by atoms with Crippen LogP contribution >= 0.6 is 0 Å². The van der Waals surface area contributed by atoms with Crippen LogP contribution in [0.5, 0.6) is 5.75 Å². The maximum absolute atomic E-state index is 13.8. The summed E-state index contributed by atoms with van der Waals surface area (Å²) in [6.07, 6.45) is 5.07. The van der Waals surface area contributed by atoms with Gasteiger partial charge in [0.05, 0.1) is 18.7 Å². The molecule has 0 bridgehead atoms. The summed E-state index contributed by atoms with van der Waals surface area (Å²) in [5.41, 5.74) is 1.99. The Kier molecular flexibility index (Phi) is 4.36. The van der Waals surface area contributed by atoms with Crippen molar-refractivity contribution >= 4 is 16.7 Å². The van der Waals surface area contributed by atoms with Gasteiger partial charge in [0.25, 0.3) is 0 Å². The van der Waals surface area contributed by atoms with Crippen molar-refractivity contribution in [3.63, 3.8) is 0 Å². The van der Waals surface area contributed by atoms with Crippen molar-refractivity contribution in [2.75, 3.05) is 19.0 Å². The number of methoxy groups -OCH3 is 1. The number of hydrogen-bond acceptors (Lipinski definition) is 5. The second kappa shape index (κ2) is 7.02. The van der Waals surface area contributed by atoms with E-state index in [9.17, 15) is 4.39 Å². The number of hydrogen-bond donors (Lipinski definition) is 1. The molecule has 144 valence electrons. The molecule has 2 unspecified atom stereocenters. The molecule has 2 aromatic carbocycles. The Balaban J connectivity index is 1.50. The van der Waals surface area contributed by atoms with Crippen molar-refractivity contribution < 1.29 is 9.13 Å². The Hall–Kier alpha value is -2.73. The molecule has 28 heavy (non-hydrogen) atoms. The first-order chi connectivity index (χ1) is 13.7. The Morgan fingerprint density at radius 1 is 1.11 bits per heavy atom. The molecule has 1 aliphatic carbocycles. The second-order valence-electron chi connectivity index (χ2n) is 7.61. The second-order valence-corrected chi connectivity index (χ2v) is 7.61. The predicted molar refractivity (Wildman–Crippen MR) is 107 cm³/mol. The highest BCUT2D eigenvalue weighted by atomic mass is 19.1. The summed E-state index contributed by atoms with van der Waals surface area (Å²) in [7, 11) is 1.70. The van der Waals surface area contributed by atoms with Crippen LogP contribution in [0, 0.1) is 5.82 Å². The van der Waals surface area contributed by atoms with Crippen LogP contribution < -0.4 is 10.1 Å². The summed E-state index contributed by atoms with van der Waals surface area (Å²) in [5.74, 6) is 1.29. The van der Waals surface area contributed by atoms with Gasteiger partial charge in [-0.3, -0.25) is 4.90 Å². The number of anilines is 1. The number of fused-ring (bicyclic) bond motifs is 1. The molecule has 5 nitrogen and oxygen atoms in total. The van der Waals surface area contributed by atoms with Crippen LogP contribution in [-0.2, 0) is 0 Å². The predicted octanol–water partition coefficient (Wildman–Crippen LogP) is 4.17. The van der Waals surface area contributed by atoms with E-state index in [1.807, 2.05) is 12.1 Å². The molecule has 1 aliphatic heterocycles. The lowest BCUT2D eigenvalue weighted by molar-refractivity contribution is 0.240. The van der Waals surface area contributed by atoms with Gasteiger partial charge in [0.2, 0.25) is 0 Å². The number of likely N-dealkylation sites (tertiary alicyclic amines) is 1. The fourth-order valence-corrected chi connectivity index (χ4v) is 4.35. The molecule has 2 aliphatic rings. The zero-order valence-electron chi connectivity index (χ0n) is 15.8. The third-order valence-corrected chi connectivity index (χ3v) is 5.81. The first-order valence-corrected chi connectivity index (χ1v) is 9.79. The largest absolute Gasteiger partial charge is 0.497 e. The lowest BCUT2D eigenvalue weighted by Crippen LogP contribution is -2.33. The number of rotatable bonds is 5. The van der Waals surface area contributed by atoms with E-state index < -0.39 is 0 Å². The van der Waals surface area contributed by atoms with Crippen LogP contribution in [0.4, 0.5) is 10.2 Å². The Bertz CT molecular complexity index is 1010. The summed E-state index contributed by atoms with van der Waals surface area (Å²) in [4.78, 5) is 11.3. The highest BCUT2D eigenvalue weighted by Crippen LogP contribution is 2.42. The first kappa shape index (κ1) is 17.4. The van der Waals surface area contributed by atoms with Crippen molar-refractivity contribution in [1.29, 1.82) is 0 Å². The molecule has 1 saturated carbocycles. The molecule has 1 saturated heterocycles. The van der Waals surface area contributed by atoms with E-state index in [4.69, 9.17) is 4.74 Å². The monoisotopic (exact) mass is 378 g/mol. The van der Waals surface area contributed by atoms with Crippen LogP contribution in [0.25, 0.3) is 10.9 Å². The van der Waals surface area contributed by atoms with E-state index >= 15 is 0 Å². The van der Waals surface area contributed by atoms with E-state index in [0.717, 1.165) is 29.6 Å². The van der Waals surface area contributed by atoms with Crippen LogP contribution in [0.1, 0.15) is 30.9 Å². The van der Waals surface area contributed by atoms with Gasteiger partial charge in [-0.2, -0.15) is 0 Å². The molecule has 2 fully saturated rings. The molecule has 0 radical (unpaired) electrons. The average Bonchev–Trinajstić information content (AvgIpc) is 3.49. The topological polar surface area (TPSA) is 50.3 Å². The number of halogens is 1. The molecule has 5 rings (SSSR count). The van der Waals surface area contributed by atoms with Gasteiger partial charge in [0.15, 0.2) is 0 Å². The van der Waals surface area contributed by atoms with Crippen molar-refractivity contribution in [1.82, 2.24) is 14.9 Å². The highest BCUT2D eigenvalue weighted by molar-refractivity contribution is 5.88. The number of aromatic nitrogens is 2.